The Kier molecular flexibility index (Phi) is 5.81. The number of aliphatic hydroxyl groups is 1. The van der Waals surface area contributed by atoms with Gasteiger partial charge in [-0.3, -0.25) is 0 Å². The molecule has 6 rings (SSSR count). The molecule has 3 aromatic carbocycles. The highest BCUT2D eigenvalue weighted by Crippen LogP contribution is 2.49. The fraction of sp³-hybridized carbons (Fsp3) is 0.222. The second kappa shape index (κ2) is 9.19. The smallest absolute Gasteiger partial charge is 0.342 e. The summed E-state index contributed by atoms with van der Waals surface area (Å²) >= 11 is 1.12. The third-order valence-electron chi connectivity index (χ3n) is 6.57. The minimum atomic E-state index is -2.13. The van der Waals surface area contributed by atoms with Crippen LogP contribution in [-0.4, -0.2) is 47.9 Å². The molecule has 10 nitrogen and oxygen atoms in total. The number of hydrogen-bond acceptors (Lipinski definition) is 11. The maximum atomic E-state index is 13.4. The van der Waals surface area contributed by atoms with Crippen molar-refractivity contribution in [1.82, 2.24) is 8.75 Å². The van der Waals surface area contributed by atoms with Crippen molar-refractivity contribution in [1.29, 1.82) is 0 Å². The van der Waals surface area contributed by atoms with Crippen LogP contribution in [-0.2, 0) is 21.7 Å². The molecule has 1 aromatic heterocycles. The van der Waals surface area contributed by atoms with Crippen LogP contribution in [0.1, 0.15) is 16.7 Å². The number of hydrogen-bond donors (Lipinski definition) is 1. The fourth-order valence-electron chi connectivity index (χ4n) is 4.74. The molecule has 0 saturated carbocycles. The number of rotatable bonds is 7. The molecule has 0 aliphatic carbocycles. The molecule has 0 bridgehead atoms. The van der Waals surface area contributed by atoms with Crippen LogP contribution in [0.4, 0.5) is 0 Å². The van der Waals surface area contributed by atoms with Gasteiger partial charge in [0, 0.05) is 17.6 Å². The predicted octanol–water partition coefficient (Wildman–Crippen LogP) is 3.84. The van der Waals surface area contributed by atoms with Gasteiger partial charge in [0.1, 0.15) is 11.0 Å². The van der Waals surface area contributed by atoms with E-state index >= 15 is 0 Å². The molecule has 0 amide bonds. The van der Waals surface area contributed by atoms with E-state index in [2.05, 4.69) is 8.75 Å². The molecule has 3 heterocycles. The van der Waals surface area contributed by atoms with E-state index < -0.39 is 11.8 Å². The standard InChI is InChI=1S/C27H22N2O8S/c1-32-22-11-16(12-23(33-2)25(22)34-3)27(31)17(8-14-4-6-18-19(9-14)29-38-28-18)24(26(30)37-27)15-5-7-20-21(10-15)36-13-35-20/h4-7,9-12,31H,8,13H2,1-3H3. The summed E-state index contributed by atoms with van der Waals surface area (Å²) in [5.41, 5.74) is 3.61. The molecule has 2 aliphatic heterocycles. The average molecular weight is 535 g/mol. The Balaban J connectivity index is 1.55. The van der Waals surface area contributed by atoms with Crippen molar-refractivity contribution in [3.63, 3.8) is 0 Å². The fourth-order valence-corrected chi connectivity index (χ4v) is 5.26. The highest BCUT2D eigenvalue weighted by Gasteiger charge is 2.49. The Morgan fingerprint density at radius 2 is 1.66 bits per heavy atom. The zero-order valence-electron chi connectivity index (χ0n) is 20.6. The Morgan fingerprint density at radius 1 is 0.921 bits per heavy atom. The molecule has 0 saturated heterocycles. The molecule has 1 N–H and O–H groups in total. The number of cyclic esters (lactones) is 1. The molecule has 4 aromatic rings. The third kappa shape index (κ3) is 3.78. The van der Waals surface area contributed by atoms with Gasteiger partial charge in [-0.05, 0) is 47.5 Å². The quantitative estimate of drug-likeness (QED) is 0.350. The van der Waals surface area contributed by atoms with Gasteiger partial charge in [-0.25, -0.2) is 4.79 Å². The third-order valence-corrected chi connectivity index (χ3v) is 7.13. The van der Waals surface area contributed by atoms with Gasteiger partial charge in [0.15, 0.2) is 23.0 Å². The number of ether oxygens (including phenoxy) is 6. The Morgan fingerprint density at radius 3 is 2.39 bits per heavy atom. The number of carbonyl (C=O) groups excluding carboxylic acids is 1. The number of esters is 1. The van der Waals surface area contributed by atoms with Gasteiger partial charge in [-0.2, -0.15) is 8.75 Å². The number of methoxy groups -OCH3 is 3. The van der Waals surface area contributed by atoms with Gasteiger partial charge in [0.25, 0.3) is 5.79 Å². The normalized spacial score (nSPS) is 18.2. The molecule has 0 fully saturated rings. The number of aromatic nitrogens is 2. The zero-order valence-corrected chi connectivity index (χ0v) is 21.5. The Labute approximate surface area is 221 Å². The molecule has 2 aliphatic rings. The molecular formula is C27H22N2O8S. The Bertz CT molecular complexity index is 1590. The van der Waals surface area contributed by atoms with Crippen LogP contribution in [0.3, 0.4) is 0 Å². The minimum Gasteiger partial charge on any atom is -0.493 e. The van der Waals surface area contributed by atoms with E-state index in [9.17, 15) is 9.90 Å². The number of fused-ring (bicyclic) bond motifs is 2. The summed E-state index contributed by atoms with van der Waals surface area (Å²) in [6.07, 6.45) is 0.177. The van der Waals surface area contributed by atoms with E-state index in [-0.39, 0.29) is 24.4 Å². The summed E-state index contributed by atoms with van der Waals surface area (Å²) in [7, 11) is 4.42. The van der Waals surface area contributed by atoms with Gasteiger partial charge in [0.05, 0.1) is 38.6 Å². The average Bonchev–Trinajstić information content (AvgIpc) is 3.65. The van der Waals surface area contributed by atoms with Gasteiger partial charge < -0.3 is 33.5 Å². The summed E-state index contributed by atoms with van der Waals surface area (Å²) in [4.78, 5) is 13.4. The minimum absolute atomic E-state index is 0.0895. The largest absolute Gasteiger partial charge is 0.493 e. The maximum Gasteiger partial charge on any atom is 0.342 e. The van der Waals surface area contributed by atoms with Gasteiger partial charge >= 0.3 is 5.97 Å². The first-order chi connectivity index (χ1) is 18.4. The van der Waals surface area contributed by atoms with Crippen molar-refractivity contribution in [2.75, 3.05) is 28.1 Å². The Hall–Kier alpha value is -4.35. The SMILES string of the molecule is COc1cc(C2(O)OC(=O)C(c3ccc4c(c3)OCO4)=C2Cc2ccc3nsnc3c2)cc(OC)c1OC. The lowest BCUT2D eigenvalue weighted by Gasteiger charge is -2.27. The van der Waals surface area contributed by atoms with Crippen LogP contribution < -0.4 is 23.7 Å². The lowest BCUT2D eigenvalue weighted by molar-refractivity contribution is -0.185. The first-order valence-electron chi connectivity index (χ1n) is 11.6. The second-order valence-electron chi connectivity index (χ2n) is 8.63. The van der Waals surface area contributed by atoms with Crippen molar-refractivity contribution < 1.29 is 38.3 Å². The zero-order chi connectivity index (χ0) is 26.4. The molecule has 0 spiro atoms. The summed E-state index contributed by atoms with van der Waals surface area (Å²) in [6.45, 7) is 0.0895. The predicted molar refractivity (Wildman–Crippen MR) is 137 cm³/mol. The molecule has 1 atom stereocenters. The van der Waals surface area contributed by atoms with E-state index in [1.165, 1.54) is 21.3 Å². The first-order valence-corrected chi connectivity index (χ1v) is 12.3. The number of benzene rings is 3. The topological polar surface area (TPSA) is 118 Å². The van der Waals surface area contributed by atoms with Crippen molar-refractivity contribution >= 4 is 34.3 Å². The highest BCUT2D eigenvalue weighted by atomic mass is 32.1. The van der Waals surface area contributed by atoms with E-state index in [1.807, 2.05) is 18.2 Å². The summed E-state index contributed by atoms with van der Waals surface area (Å²) in [6, 6.07) is 13.9. The summed E-state index contributed by atoms with van der Waals surface area (Å²) < 4.78 is 41.7. The van der Waals surface area contributed by atoms with E-state index in [0.29, 0.717) is 39.9 Å². The molecule has 11 heteroatoms. The van der Waals surface area contributed by atoms with Crippen LogP contribution in [0.2, 0.25) is 0 Å². The monoisotopic (exact) mass is 534 g/mol. The van der Waals surface area contributed by atoms with Gasteiger partial charge in [0.2, 0.25) is 12.5 Å². The van der Waals surface area contributed by atoms with Crippen LogP contribution in [0, 0.1) is 0 Å². The van der Waals surface area contributed by atoms with Crippen molar-refractivity contribution in [2.24, 2.45) is 0 Å². The van der Waals surface area contributed by atoms with E-state index in [0.717, 1.165) is 28.3 Å². The maximum absolute atomic E-state index is 13.4. The van der Waals surface area contributed by atoms with Crippen LogP contribution in [0.5, 0.6) is 28.7 Å². The molecule has 1 unspecified atom stereocenters. The van der Waals surface area contributed by atoms with Gasteiger partial charge in [-0.15, -0.1) is 0 Å². The van der Waals surface area contributed by atoms with Crippen LogP contribution >= 0.6 is 11.7 Å². The van der Waals surface area contributed by atoms with Crippen molar-refractivity contribution in [3.05, 3.63) is 70.8 Å². The summed E-state index contributed by atoms with van der Waals surface area (Å²) in [5, 5.41) is 12.1. The summed E-state index contributed by atoms with van der Waals surface area (Å²) in [5.74, 6) is -0.801. The lowest BCUT2D eigenvalue weighted by atomic mass is 9.87. The second-order valence-corrected chi connectivity index (χ2v) is 9.16. The molecular weight excluding hydrogens is 512 g/mol. The van der Waals surface area contributed by atoms with Crippen molar-refractivity contribution in [2.45, 2.75) is 12.2 Å². The van der Waals surface area contributed by atoms with E-state index in [4.69, 9.17) is 28.4 Å². The molecule has 0 radical (unpaired) electrons. The van der Waals surface area contributed by atoms with Gasteiger partial charge in [-0.1, -0.05) is 12.1 Å². The number of carbonyl (C=O) groups is 1. The molecule has 194 valence electrons. The highest BCUT2D eigenvalue weighted by molar-refractivity contribution is 7.00. The lowest BCUT2D eigenvalue weighted by Crippen LogP contribution is -2.30. The number of nitrogens with zero attached hydrogens (tertiary/aromatic N) is 2. The van der Waals surface area contributed by atoms with Crippen LogP contribution in [0.25, 0.3) is 16.6 Å². The first kappa shape index (κ1) is 24.0. The molecule has 38 heavy (non-hydrogen) atoms. The van der Waals surface area contributed by atoms with Crippen molar-refractivity contribution in [3.8, 4) is 28.7 Å². The van der Waals surface area contributed by atoms with Crippen LogP contribution in [0.15, 0.2) is 54.1 Å². The van der Waals surface area contributed by atoms with E-state index in [1.54, 1.807) is 30.3 Å².